The number of methoxy groups -OCH3 is 1. The molecule has 2 atom stereocenters. The van der Waals surface area contributed by atoms with Gasteiger partial charge in [-0.05, 0) is 73.9 Å². The van der Waals surface area contributed by atoms with E-state index < -0.39 is 28.7 Å². The van der Waals surface area contributed by atoms with Crippen LogP contribution in [0.15, 0.2) is 30.3 Å². The van der Waals surface area contributed by atoms with Crippen molar-refractivity contribution in [2.24, 2.45) is 0 Å². The predicted octanol–water partition coefficient (Wildman–Crippen LogP) is 5.65. The highest BCUT2D eigenvalue weighted by atomic mass is 35.5. The van der Waals surface area contributed by atoms with E-state index >= 15 is 0 Å². The molecule has 10 heteroatoms. The van der Waals surface area contributed by atoms with Crippen LogP contribution in [0.25, 0.3) is 0 Å². The van der Waals surface area contributed by atoms with E-state index in [1.165, 1.54) is 18.4 Å². The third-order valence-corrected chi connectivity index (χ3v) is 8.06. The molecule has 2 fully saturated rings. The van der Waals surface area contributed by atoms with Gasteiger partial charge in [-0.15, -0.1) is 0 Å². The van der Waals surface area contributed by atoms with Gasteiger partial charge in [0.05, 0.1) is 16.9 Å². The predicted molar refractivity (Wildman–Crippen MR) is 141 cm³/mol. The van der Waals surface area contributed by atoms with Gasteiger partial charge < -0.3 is 14.0 Å². The summed E-state index contributed by atoms with van der Waals surface area (Å²) in [6, 6.07) is 8.55. The molecule has 0 aromatic heterocycles. The number of rotatable bonds is 9. The van der Waals surface area contributed by atoms with Gasteiger partial charge in [-0.25, -0.2) is 4.39 Å². The van der Waals surface area contributed by atoms with Crippen LogP contribution in [0.5, 0.6) is 5.75 Å². The molecule has 2 aromatic carbocycles. The van der Waals surface area contributed by atoms with E-state index in [-0.39, 0.29) is 24.1 Å². The Labute approximate surface area is 224 Å². The third kappa shape index (κ3) is 6.47. The van der Waals surface area contributed by atoms with E-state index in [1.54, 1.807) is 13.2 Å². The summed E-state index contributed by atoms with van der Waals surface area (Å²) in [5, 5.41) is 1.23. The number of nitrogens with zero attached hydrogens (tertiary/aromatic N) is 1. The van der Waals surface area contributed by atoms with Crippen molar-refractivity contribution in [3.05, 3.63) is 62.9 Å². The van der Waals surface area contributed by atoms with Crippen molar-refractivity contribution in [3.63, 3.8) is 0 Å². The number of carbonyl (C=O) groups excluding carboxylic acids is 1. The SMILES string of the molecule is COC1(COc2cc(F)c(C(=O)N[S+](C)[O-])cc2C2CC2)CCN([C@@H](C)c2cc(Cl)cc(Cl)c2)CC1. The van der Waals surface area contributed by atoms with E-state index in [4.69, 9.17) is 32.7 Å². The number of amides is 1. The Balaban J connectivity index is 1.44. The summed E-state index contributed by atoms with van der Waals surface area (Å²) < 4.78 is 40.5. The van der Waals surface area contributed by atoms with Crippen LogP contribution in [0.3, 0.4) is 0 Å². The molecule has 1 heterocycles. The number of ether oxygens (including phenoxy) is 2. The first kappa shape index (κ1) is 27.5. The van der Waals surface area contributed by atoms with Crippen LogP contribution < -0.4 is 9.46 Å². The fraction of sp³-hybridized carbons (Fsp3) is 0.500. The number of likely N-dealkylation sites (tertiary alicyclic amines) is 1. The first-order valence-electron chi connectivity index (χ1n) is 12.0. The lowest BCUT2D eigenvalue weighted by atomic mass is 9.90. The Bertz CT molecular complexity index is 1090. The number of benzene rings is 2. The molecule has 1 amide bonds. The van der Waals surface area contributed by atoms with Crippen molar-refractivity contribution < 1.29 is 23.2 Å². The molecule has 2 aliphatic rings. The molecule has 6 nitrogen and oxygen atoms in total. The zero-order chi connectivity index (χ0) is 26.0. The minimum atomic E-state index is -1.58. The van der Waals surface area contributed by atoms with E-state index in [0.29, 0.717) is 15.8 Å². The molecule has 4 rings (SSSR count). The fourth-order valence-electron chi connectivity index (χ4n) is 4.73. The summed E-state index contributed by atoms with van der Waals surface area (Å²) in [5.41, 5.74) is 1.24. The fourth-order valence-corrected chi connectivity index (χ4v) is 5.65. The Morgan fingerprint density at radius 2 is 1.86 bits per heavy atom. The standard InChI is InChI=1S/C26H31Cl2FN2O4S/c1-16(18-10-19(27)12-20(28)11-18)31-8-6-26(34-2,7-9-31)15-35-24-14-23(29)22(25(32)30-36(3)33)13-21(24)17-4-5-17/h10-14,16-17H,4-9,15H2,1-3H3,(H,30,32)/t16-,36?/m0/s1. The van der Waals surface area contributed by atoms with Crippen molar-refractivity contribution >= 4 is 40.5 Å². The van der Waals surface area contributed by atoms with Crippen LogP contribution in [0.2, 0.25) is 10.0 Å². The highest BCUT2D eigenvalue weighted by molar-refractivity contribution is 7.89. The van der Waals surface area contributed by atoms with Crippen molar-refractivity contribution in [2.75, 3.05) is 33.1 Å². The molecule has 196 valence electrons. The van der Waals surface area contributed by atoms with Crippen molar-refractivity contribution in [3.8, 4) is 5.75 Å². The second-order valence-electron chi connectivity index (χ2n) is 9.62. The second kappa shape index (κ2) is 11.5. The van der Waals surface area contributed by atoms with Gasteiger partial charge in [-0.2, -0.15) is 4.72 Å². The van der Waals surface area contributed by atoms with E-state index in [1.807, 2.05) is 12.1 Å². The number of carbonyl (C=O) groups is 1. The maximum absolute atomic E-state index is 14.8. The van der Waals surface area contributed by atoms with Crippen LogP contribution in [0.1, 0.15) is 66.1 Å². The molecular formula is C26H31Cl2FN2O4S. The van der Waals surface area contributed by atoms with Crippen molar-refractivity contribution in [1.29, 1.82) is 0 Å². The number of halogens is 3. The summed E-state index contributed by atoms with van der Waals surface area (Å²) in [6.07, 6.45) is 4.73. The molecule has 1 unspecified atom stereocenters. The lowest BCUT2D eigenvalue weighted by Crippen LogP contribution is -2.49. The molecule has 1 saturated heterocycles. The molecule has 2 aromatic rings. The zero-order valence-corrected chi connectivity index (χ0v) is 22.9. The quantitative estimate of drug-likeness (QED) is 0.403. The van der Waals surface area contributed by atoms with Crippen LogP contribution in [-0.2, 0) is 16.1 Å². The smallest absolute Gasteiger partial charge is 0.295 e. The first-order valence-corrected chi connectivity index (χ1v) is 14.3. The van der Waals surface area contributed by atoms with Crippen LogP contribution in [0.4, 0.5) is 4.39 Å². The highest BCUT2D eigenvalue weighted by Gasteiger charge is 2.38. The second-order valence-corrected chi connectivity index (χ2v) is 11.6. The molecule has 1 saturated carbocycles. The van der Waals surface area contributed by atoms with Gasteiger partial charge in [-0.1, -0.05) is 23.2 Å². The summed E-state index contributed by atoms with van der Waals surface area (Å²) in [4.78, 5) is 14.6. The van der Waals surface area contributed by atoms with Crippen molar-refractivity contribution in [1.82, 2.24) is 9.62 Å². The number of nitrogens with one attached hydrogen (secondary N) is 1. The molecule has 1 N–H and O–H groups in total. The Morgan fingerprint density at radius 3 is 2.42 bits per heavy atom. The Kier molecular flexibility index (Phi) is 8.75. The van der Waals surface area contributed by atoms with E-state index in [9.17, 15) is 13.7 Å². The van der Waals surface area contributed by atoms with Gasteiger partial charge in [0.15, 0.2) is 0 Å². The summed E-state index contributed by atoms with van der Waals surface area (Å²) in [6.45, 7) is 3.99. The van der Waals surface area contributed by atoms with E-state index in [0.717, 1.165) is 49.9 Å². The van der Waals surface area contributed by atoms with E-state index in [2.05, 4.69) is 16.5 Å². The van der Waals surface area contributed by atoms with Gasteiger partial charge in [0.1, 0.15) is 30.0 Å². The molecule has 36 heavy (non-hydrogen) atoms. The Hall–Kier alpha value is -1.55. The first-order chi connectivity index (χ1) is 17.1. The molecule has 0 radical (unpaired) electrons. The summed E-state index contributed by atoms with van der Waals surface area (Å²) in [7, 11) is 1.68. The maximum Gasteiger partial charge on any atom is 0.295 e. The Morgan fingerprint density at radius 1 is 1.22 bits per heavy atom. The van der Waals surface area contributed by atoms with Crippen LogP contribution >= 0.6 is 23.2 Å². The summed E-state index contributed by atoms with van der Waals surface area (Å²) >= 11 is 10.8. The number of hydrogen-bond donors (Lipinski definition) is 1. The van der Waals surface area contributed by atoms with Gasteiger partial charge in [0.2, 0.25) is 0 Å². The average Bonchev–Trinajstić information content (AvgIpc) is 3.67. The molecule has 1 aliphatic carbocycles. The minimum Gasteiger partial charge on any atom is -0.593 e. The normalized spacial score (nSPS) is 19.5. The molecule has 0 spiro atoms. The lowest BCUT2D eigenvalue weighted by molar-refractivity contribution is -0.0877. The van der Waals surface area contributed by atoms with Crippen LogP contribution in [0, 0.1) is 5.82 Å². The third-order valence-electron chi connectivity index (χ3n) is 7.15. The molecular weight excluding hydrogens is 526 g/mol. The number of piperidine rings is 1. The molecule has 0 bridgehead atoms. The maximum atomic E-state index is 14.8. The van der Waals surface area contributed by atoms with Gasteiger partial charge in [0, 0.05) is 42.4 Å². The molecule has 1 aliphatic heterocycles. The van der Waals surface area contributed by atoms with Gasteiger partial charge in [0.25, 0.3) is 5.91 Å². The summed E-state index contributed by atoms with van der Waals surface area (Å²) in [5.74, 6) is -0.736. The zero-order valence-electron chi connectivity index (χ0n) is 20.6. The average molecular weight is 558 g/mol. The van der Waals surface area contributed by atoms with Crippen molar-refractivity contribution in [2.45, 2.75) is 50.2 Å². The monoisotopic (exact) mass is 556 g/mol. The largest absolute Gasteiger partial charge is 0.593 e. The highest BCUT2D eigenvalue weighted by Crippen LogP contribution is 2.45. The van der Waals surface area contributed by atoms with Gasteiger partial charge in [-0.3, -0.25) is 9.69 Å². The van der Waals surface area contributed by atoms with Gasteiger partial charge >= 0.3 is 0 Å². The van der Waals surface area contributed by atoms with Crippen LogP contribution in [-0.4, -0.2) is 54.0 Å². The topological polar surface area (TPSA) is 73.9 Å². The lowest BCUT2D eigenvalue weighted by Gasteiger charge is -2.42. The minimum absolute atomic E-state index is 0.121. The number of hydrogen-bond acceptors (Lipinski definition) is 5.